The fraction of sp³-hybridized carbons (Fsp3) is 0.767. The van der Waals surface area contributed by atoms with E-state index in [1.54, 1.807) is 19.2 Å². The van der Waals surface area contributed by atoms with Gasteiger partial charge >= 0.3 is 0 Å². The molecule has 1 amide bonds. The quantitative estimate of drug-likeness (QED) is 0.255. The lowest BCUT2D eigenvalue weighted by molar-refractivity contribution is -0.128. The van der Waals surface area contributed by atoms with Crippen LogP contribution in [0.5, 0.6) is 5.75 Å². The maximum atomic E-state index is 14.3. The van der Waals surface area contributed by atoms with Gasteiger partial charge in [0.15, 0.2) is 11.6 Å². The standard InChI is InChI=1S/C30H51FN2O5/c1-20(2)24(15-23-7-8-26(31)29(16-23)38-12-6-11-36-5)17-27(32)28(34)18-25(21(3)4)30(35)33-19-22-9-13-37-14-10-22/h7-8,16,20-22,24-25,27-28,34H,6,9-15,17-19,32H2,1-5H3,(H,33,35)/t24-,25-,27-,28-/m0/s1. The highest BCUT2D eigenvalue weighted by Gasteiger charge is 2.30. The van der Waals surface area contributed by atoms with Crippen LogP contribution >= 0.6 is 0 Å². The van der Waals surface area contributed by atoms with Crippen LogP contribution in [0.2, 0.25) is 0 Å². The first kappa shape index (κ1) is 32.5. The van der Waals surface area contributed by atoms with E-state index >= 15 is 0 Å². The van der Waals surface area contributed by atoms with Crippen molar-refractivity contribution >= 4 is 5.91 Å². The summed E-state index contributed by atoms with van der Waals surface area (Å²) in [5.74, 6) is 0.590. The minimum Gasteiger partial charge on any atom is -0.490 e. The number of carbonyl (C=O) groups excluding carboxylic acids is 1. The van der Waals surface area contributed by atoms with Crippen LogP contribution in [-0.4, -0.2) is 63.2 Å². The molecule has 218 valence electrons. The summed E-state index contributed by atoms with van der Waals surface area (Å²) in [6.07, 6.45) is 3.47. The van der Waals surface area contributed by atoms with Gasteiger partial charge in [-0.25, -0.2) is 4.39 Å². The molecule has 38 heavy (non-hydrogen) atoms. The molecule has 0 saturated carbocycles. The van der Waals surface area contributed by atoms with Crippen LogP contribution in [0.15, 0.2) is 18.2 Å². The Morgan fingerprint density at radius 3 is 2.50 bits per heavy atom. The van der Waals surface area contributed by atoms with E-state index in [0.717, 1.165) is 31.6 Å². The topological polar surface area (TPSA) is 103 Å². The van der Waals surface area contributed by atoms with Crippen molar-refractivity contribution in [2.75, 3.05) is 40.1 Å². The van der Waals surface area contributed by atoms with Gasteiger partial charge in [0.05, 0.1) is 12.7 Å². The predicted octanol–water partition coefficient (Wildman–Crippen LogP) is 4.34. The molecule has 0 aromatic heterocycles. The smallest absolute Gasteiger partial charge is 0.223 e. The largest absolute Gasteiger partial charge is 0.490 e. The van der Waals surface area contributed by atoms with Crippen LogP contribution in [0.4, 0.5) is 4.39 Å². The van der Waals surface area contributed by atoms with E-state index in [0.29, 0.717) is 57.3 Å². The first-order chi connectivity index (χ1) is 18.1. The zero-order chi connectivity index (χ0) is 28.1. The molecule has 1 aliphatic heterocycles. The fourth-order valence-corrected chi connectivity index (χ4v) is 5.01. The van der Waals surface area contributed by atoms with Gasteiger partial charge in [-0.1, -0.05) is 33.8 Å². The van der Waals surface area contributed by atoms with Crippen molar-refractivity contribution in [3.05, 3.63) is 29.6 Å². The molecule has 0 unspecified atom stereocenters. The van der Waals surface area contributed by atoms with Gasteiger partial charge in [0.2, 0.25) is 5.91 Å². The molecule has 0 bridgehead atoms. The summed E-state index contributed by atoms with van der Waals surface area (Å²) in [6.45, 7) is 11.4. The zero-order valence-electron chi connectivity index (χ0n) is 24.1. The third-order valence-electron chi connectivity index (χ3n) is 7.80. The fourth-order valence-electron chi connectivity index (χ4n) is 5.01. The molecular formula is C30H51FN2O5. The van der Waals surface area contributed by atoms with E-state index < -0.39 is 12.1 Å². The van der Waals surface area contributed by atoms with Crippen molar-refractivity contribution in [2.24, 2.45) is 35.3 Å². The number of hydrogen-bond donors (Lipinski definition) is 3. The maximum absolute atomic E-state index is 14.3. The summed E-state index contributed by atoms with van der Waals surface area (Å²) in [6, 6.07) is 4.53. The molecule has 4 N–H and O–H groups in total. The number of hydrogen-bond acceptors (Lipinski definition) is 6. The van der Waals surface area contributed by atoms with Crippen LogP contribution in [0, 0.1) is 35.4 Å². The predicted molar refractivity (Wildman–Crippen MR) is 149 cm³/mol. The van der Waals surface area contributed by atoms with Gasteiger partial charge in [0.1, 0.15) is 0 Å². The molecule has 2 rings (SSSR count). The van der Waals surface area contributed by atoms with E-state index in [-0.39, 0.29) is 35.2 Å². The number of aliphatic hydroxyl groups excluding tert-OH is 1. The van der Waals surface area contributed by atoms with E-state index in [1.807, 2.05) is 13.8 Å². The summed E-state index contributed by atoms with van der Waals surface area (Å²) in [5, 5.41) is 14.1. The Morgan fingerprint density at radius 1 is 1.16 bits per heavy atom. The number of nitrogens with two attached hydrogens (primary N) is 1. The van der Waals surface area contributed by atoms with Crippen molar-refractivity contribution in [3.63, 3.8) is 0 Å². The lowest BCUT2D eigenvalue weighted by Gasteiger charge is -2.30. The third-order valence-corrected chi connectivity index (χ3v) is 7.80. The van der Waals surface area contributed by atoms with Crippen LogP contribution in [-0.2, 0) is 20.7 Å². The number of ether oxygens (including phenoxy) is 3. The second kappa shape index (κ2) is 17.1. The number of carbonyl (C=O) groups is 1. The highest BCUT2D eigenvalue weighted by Crippen LogP contribution is 2.28. The summed E-state index contributed by atoms with van der Waals surface area (Å²) >= 11 is 0. The van der Waals surface area contributed by atoms with Crippen LogP contribution in [0.3, 0.4) is 0 Å². The Morgan fingerprint density at radius 2 is 1.87 bits per heavy atom. The zero-order valence-corrected chi connectivity index (χ0v) is 24.1. The number of halogens is 1. The summed E-state index contributed by atoms with van der Waals surface area (Å²) < 4.78 is 30.3. The summed E-state index contributed by atoms with van der Waals surface area (Å²) in [5.41, 5.74) is 7.48. The number of benzene rings is 1. The SMILES string of the molecule is COCCCOc1cc(C[C@@H](C[C@H](N)[C@@H](O)C[C@H](C(=O)NCC2CCOCC2)C(C)C)C(C)C)ccc1F. The van der Waals surface area contributed by atoms with Gasteiger partial charge in [-0.05, 0) is 73.5 Å². The molecule has 1 aromatic carbocycles. The number of amides is 1. The van der Waals surface area contributed by atoms with E-state index in [2.05, 4.69) is 19.2 Å². The van der Waals surface area contributed by atoms with Crippen LogP contribution in [0.1, 0.15) is 65.4 Å². The second-order valence-corrected chi connectivity index (χ2v) is 11.5. The summed E-state index contributed by atoms with van der Waals surface area (Å²) in [7, 11) is 1.63. The maximum Gasteiger partial charge on any atom is 0.223 e. The number of aliphatic hydroxyl groups is 1. The molecular weight excluding hydrogens is 487 g/mol. The van der Waals surface area contributed by atoms with E-state index in [9.17, 15) is 14.3 Å². The van der Waals surface area contributed by atoms with Crippen LogP contribution in [0.25, 0.3) is 0 Å². The molecule has 4 atom stereocenters. The molecule has 7 nitrogen and oxygen atoms in total. The van der Waals surface area contributed by atoms with Crippen molar-refractivity contribution in [1.82, 2.24) is 5.32 Å². The molecule has 0 radical (unpaired) electrons. The highest BCUT2D eigenvalue weighted by molar-refractivity contribution is 5.78. The average molecular weight is 539 g/mol. The Hall–Kier alpha value is -1.74. The lowest BCUT2D eigenvalue weighted by Crippen LogP contribution is -2.43. The number of nitrogens with one attached hydrogen (secondary N) is 1. The van der Waals surface area contributed by atoms with Gasteiger partial charge < -0.3 is 30.4 Å². The molecule has 1 aromatic rings. The number of methoxy groups -OCH3 is 1. The molecule has 1 fully saturated rings. The minimum atomic E-state index is -0.787. The second-order valence-electron chi connectivity index (χ2n) is 11.5. The molecule has 1 aliphatic rings. The molecule has 0 spiro atoms. The minimum absolute atomic E-state index is 0.0116. The Labute approximate surface area is 229 Å². The third kappa shape index (κ3) is 11.2. The van der Waals surface area contributed by atoms with E-state index in [4.69, 9.17) is 19.9 Å². The molecule has 1 heterocycles. The Kier molecular flexibility index (Phi) is 14.6. The van der Waals surface area contributed by atoms with Gasteiger partial charge in [-0.15, -0.1) is 0 Å². The van der Waals surface area contributed by atoms with Crippen molar-refractivity contribution in [3.8, 4) is 5.75 Å². The normalized spacial score (nSPS) is 17.8. The van der Waals surface area contributed by atoms with Crippen molar-refractivity contribution in [1.29, 1.82) is 0 Å². The van der Waals surface area contributed by atoms with Crippen molar-refractivity contribution in [2.45, 2.75) is 78.4 Å². The van der Waals surface area contributed by atoms with Gasteiger partial charge in [-0.3, -0.25) is 4.79 Å². The van der Waals surface area contributed by atoms with Crippen molar-refractivity contribution < 1.29 is 28.5 Å². The molecule has 8 heteroatoms. The molecule has 0 aliphatic carbocycles. The Bertz CT molecular complexity index is 816. The first-order valence-electron chi connectivity index (χ1n) is 14.3. The lowest BCUT2D eigenvalue weighted by atomic mass is 9.80. The highest BCUT2D eigenvalue weighted by atomic mass is 19.1. The van der Waals surface area contributed by atoms with Gasteiger partial charge in [0, 0.05) is 51.9 Å². The van der Waals surface area contributed by atoms with Gasteiger partial charge in [-0.2, -0.15) is 0 Å². The van der Waals surface area contributed by atoms with E-state index in [1.165, 1.54) is 6.07 Å². The van der Waals surface area contributed by atoms with Crippen LogP contribution < -0.4 is 15.8 Å². The summed E-state index contributed by atoms with van der Waals surface area (Å²) in [4.78, 5) is 13.0. The Balaban J connectivity index is 1.94. The number of rotatable bonds is 17. The average Bonchev–Trinajstić information content (AvgIpc) is 2.89. The first-order valence-corrected chi connectivity index (χ1v) is 14.3. The molecule has 1 saturated heterocycles. The van der Waals surface area contributed by atoms with Gasteiger partial charge in [0.25, 0.3) is 0 Å². The monoisotopic (exact) mass is 538 g/mol.